The summed E-state index contributed by atoms with van der Waals surface area (Å²) < 4.78 is 6.63. The molecule has 0 unspecified atom stereocenters. The minimum atomic E-state index is -1.43. The number of ether oxygens (including phenoxy) is 1. The summed E-state index contributed by atoms with van der Waals surface area (Å²) in [4.78, 5) is 24.7. The van der Waals surface area contributed by atoms with Gasteiger partial charge in [-0.25, -0.2) is 14.8 Å². The van der Waals surface area contributed by atoms with Crippen molar-refractivity contribution in [2.75, 3.05) is 0 Å². The largest absolute Gasteiger partial charge is 0.512 e. The van der Waals surface area contributed by atoms with Gasteiger partial charge in [0.25, 0.3) is 0 Å². The van der Waals surface area contributed by atoms with Crippen LogP contribution in [0.1, 0.15) is 35.7 Å². The van der Waals surface area contributed by atoms with Crippen LogP contribution in [0.25, 0.3) is 11.5 Å². The van der Waals surface area contributed by atoms with Crippen molar-refractivity contribution >= 4 is 29.4 Å². The molecular weight excluding hydrogens is 403 g/mol. The van der Waals surface area contributed by atoms with E-state index in [4.69, 9.17) is 33.0 Å². The highest BCUT2D eigenvalue weighted by atomic mass is 35.5. The number of aromatic nitrogens is 4. The van der Waals surface area contributed by atoms with Gasteiger partial charge in [0.1, 0.15) is 11.4 Å². The fourth-order valence-electron chi connectivity index (χ4n) is 3.01. The number of aryl methyl sites for hydroxylation is 1. The highest BCUT2D eigenvalue weighted by molar-refractivity contribution is 6.33. The second-order valence-electron chi connectivity index (χ2n) is 6.62. The van der Waals surface area contributed by atoms with Crippen molar-refractivity contribution in [2.24, 2.45) is 0 Å². The third kappa shape index (κ3) is 3.81. The number of benzene rings is 1. The molecule has 1 saturated carbocycles. The zero-order chi connectivity index (χ0) is 19.8. The number of rotatable bonds is 5. The van der Waals surface area contributed by atoms with Crippen LogP contribution in [0.4, 0.5) is 4.79 Å². The van der Waals surface area contributed by atoms with E-state index in [2.05, 4.69) is 15.0 Å². The van der Waals surface area contributed by atoms with Gasteiger partial charge in [-0.05, 0) is 43.5 Å². The quantitative estimate of drug-likeness (QED) is 0.590. The summed E-state index contributed by atoms with van der Waals surface area (Å²) in [5.41, 5.74) is 2.58. The fourth-order valence-corrected chi connectivity index (χ4v) is 3.38. The maximum atomic E-state index is 11.2. The van der Waals surface area contributed by atoms with Gasteiger partial charge in [-0.2, -0.15) is 0 Å². The molecule has 1 N–H and O–H groups in total. The van der Waals surface area contributed by atoms with Gasteiger partial charge < -0.3 is 9.84 Å². The van der Waals surface area contributed by atoms with Crippen molar-refractivity contribution in [1.82, 2.24) is 19.5 Å². The average molecular weight is 419 g/mol. The van der Waals surface area contributed by atoms with E-state index in [1.54, 1.807) is 42.1 Å². The number of carbonyl (C=O) groups is 1. The van der Waals surface area contributed by atoms with E-state index >= 15 is 0 Å². The van der Waals surface area contributed by atoms with Gasteiger partial charge in [-0.1, -0.05) is 23.2 Å². The van der Waals surface area contributed by atoms with Crippen LogP contribution in [-0.2, 0) is 6.54 Å². The first-order valence-electron chi connectivity index (χ1n) is 8.66. The van der Waals surface area contributed by atoms with E-state index in [0.29, 0.717) is 38.7 Å². The Morgan fingerprint density at radius 2 is 2.07 bits per heavy atom. The monoisotopic (exact) mass is 418 g/mol. The molecule has 1 aliphatic carbocycles. The first-order valence-corrected chi connectivity index (χ1v) is 9.42. The van der Waals surface area contributed by atoms with Gasteiger partial charge >= 0.3 is 6.16 Å². The number of hydrogen-bond acceptors (Lipinski definition) is 5. The molecule has 9 heteroatoms. The molecule has 2 heterocycles. The van der Waals surface area contributed by atoms with E-state index in [-0.39, 0.29) is 12.4 Å². The number of halogens is 2. The van der Waals surface area contributed by atoms with Crippen molar-refractivity contribution < 1.29 is 14.6 Å². The third-order valence-electron chi connectivity index (χ3n) is 4.48. The molecule has 3 aromatic rings. The normalized spacial score (nSPS) is 13.5. The van der Waals surface area contributed by atoms with Gasteiger partial charge in [-0.3, -0.25) is 9.55 Å². The molecule has 0 bridgehead atoms. The Balaban J connectivity index is 1.83. The number of hydrogen-bond donors (Lipinski definition) is 1. The summed E-state index contributed by atoms with van der Waals surface area (Å²) >= 11 is 12.4. The summed E-state index contributed by atoms with van der Waals surface area (Å²) in [7, 11) is 0. The molecule has 0 saturated heterocycles. The van der Waals surface area contributed by atoms with Crippen LogP contribution < -0.4 is 4.74 Å². The fraction of sp³-hybridized carbons (Fsp3) is 0.263. The molecular formula is C19H16Cl2N4O3. The minimum absolute atomic E-state index is 0.108. The van der Waals surface area contributed by atoms with Crippen molar-refractivity contribution in [3.05, 3.63) is 57.6 Å². The second kappa shape index (κ2) is 7.41. The SMILES string of the molecule is Cc1nc(-c2cncc(C3CC3)n2)n(Cc2cc(Cl)ccc2Cl)c1OC(=O)O. The Morgan fingerprint density at radius 3 is 2.79 bits per heavy atom. The standard InChI is InChI=1S/C19H16Cl2N4O3/c1-10-18(28-19(26)27)25(9-12-6-13(20)4-5-14(12)21)17(23-10)16-8-22-7-15(24-16)11-2-3-11/h4-8,11H,2-3,9H2,1H3,(H,26,27). The maximum Gasteiger partial charge on any atom is 0.512 e. The van der Waals surface area contributed by atoms with Gasteiger partial charge in [0.2, 0.25) is 5.88 Å². The zero-order valence-corrected chi connectivity index (χ0v) is 16.4. The number of imidazole rings is 1. The molecule has 7 nitrogen and oxygen atoms in total. The molecule has 2 aromatic heterocycles. The van der Waals surface area contributed by atoms with Gasteiger partial charge in [0.15, 0.2) is 5.82 Å². The van der Waals surface area contributed by atoms with Crippen LogP contribution in [-0.4, -0.2) is 30.8 Å². The Labute approximate surface area is 170 Å². The molecule has 0 spiro atoms. The van der Waals surface area contributed by atoms with E-state index in [9.17, 15) is 4.79 Å². The molecule has 1 fully saturated rings. The Kier molecular flexibility index (Phi) is 4.95. The molecule has 0 radical (unpaired) electrons. The number of carboxylic acid groups (broad SMARTS) is 1. The van der Waals surface area contributed by atoms with E-state index in [1.165, 1.54) is 0 Å². The number of nitrogens with zero attached hydrogens (tertiary/aromatic N) is 4. The highest BCUT2D eigenvalue weighted by Crippen LogP contribution is 2.39. The maximum absolute atomic E-state index is 11.2. The molecule has 144 valence electrons. The molecule has 1 aliphatic rings. The molecule has 0 amide bonds. The van der Waals surface area contributed by atoms with Crippen LogP contribution in [0.3, 0.4) is 0 Å². The first-order chi connectivity index (χ1) is 13.4. The Bertz CT molecular complexity index is 1060. The topological polar surface area (TPSA) is 90.1 Å². The van der Waals surface area contributed by atoms with Crippen LogP contribution in [0.5, 0.6) is 5.88 Å². The van der Waals surface area contributed by atoms with E-state index in [1.807, 2.05) is 0 Å². The summed E-state index contributed by atoms with van der Waals surface area (Å²) in [5.74, 6) is 0.992. The van der Waals surface area contributed by atoms with Crippen LogP contribution in [0.2, 0.25) is 10.0 Å². The first kappa shape index (κ1) is 18.7. The van der Waals surface area contributed by atoms with Gasteiger partial charge in [-0.15, -0.1) is 0 Å². The lowest BCUT2D eigenvalue weighted by Gasteiger charge is -2.13. The van der Waals surface area contributed by atoms with Crippen LogP contribution in [0, 0.1) is 6.92 Å². The second-order valence-corrected chi connectivity index (χ2v) is 7.46. The van der Waals surface area contributed by atoms with Crippen LogP contribution >= 0.6 is 23.2 Å². The summed E-state index contributed by atoms with van der Waals surface area (Å²) in [6.07, 6.45) is 4.12. The average Bonchev–Trinajstić information content (AvgIpc) is 3.46. The van der Waals surface area contributed by atoms with Crippen molar-refractivity contribution in [3.8, 4) is 17.4 Å². The van der Waals surface area contributed by atoms with Gasteiger partial charge in [0, 0.05) is 22.2 Å². The third-order valence-corrected chi connectivity index (χ3v) is 5.09. The Hall–Kier alpha value is -2.64. The molecule has 28 heavy (non-hydrogen) atoms. The van der Waals surface area contributed by atoms with E-state index in [0.717, 1.165) is 18.5 Å². The molecule has 4 rings (SSSR count). The predicted molar refractivity (Wildman–Crippen MR) is 104 cm³/mol. The van der Waals surface area contributed by atoms with Crippen LogP contribution in [0.15, 0.2) is 30.6 Å². The minimum Gasteiger partial charge on any atom is -0.449 e. The highest BCUT2D eigenvalue weighted by Gasteiger charge is 2.27. The molecule has 1 aromatic carbocycles. The van der Waals surface area contributed by atoms with Crippen molar-refractivity contribution in [2.45, 2.75) is 32.2 Å². The summed E-state index contributed by atoms with van der Waals surface area (Å²) in [6.45, 7) is 1.89. The predicted octanol–water partition coefficient (Wildman–Crippen LogP) is 4.94. The summed E-state index contributed by atoms with van der Waals surface area (Å²) in [5, 5.41) is 10.2. The molecule has 0 aliphatic heterocycles. The summed E-state index contributed by atoms with van der Waals surface area (Å²) in [6, 6.07) is 5.10. The molecule has 0 atom stereocenters. The lowest BCUT2D eigenvalue weighted by atomic mass is 10.2. The van der Waals surface area contributed by atoms with Gasteiger partial charge in [0.05, 0.1) is 18.4 Å². The zero-order valence-electron chi connectivity index (χ0n) is 14.9. The lowest BCUT2D eigenvalue weighted by molar-refractivity contribution is 0.140. The lowest BCUT2D eigenvalue weighted by Crippen LogP contribution is -2.11. The van der Waals surface area contributed by atoms with Crippen molar-refractivity contribution in [1.29, 1.82) is 0 Å². The van der Waals surface area contributed by atoms with E-state index < -0.39 is 6.16 Å². The smallest absolute Gasteiger partial charge is 0.449 e. The van der Waals surface area contributed by atoms with Crippen molar-refractivity contribution in [3.63, 3.8) is 0 Å². The Morgan fingerprint density at radius 1 is 1.29 bits per heavy atom.